The maximum Gasteiger partial charge on any atom is 0.102 e. The Labute approximate surface area is 157 Å². The second-order valence-corrected chi connectivity index (χ2v) is 6.86. The first-order valence-corrected chi connectivity index (χ1v) is 8.89. The Balaban J connectivity index is 2.03. The summed E-state index contributed by atoms with van der Waals surface area (Å²) in [5.41, 5.74) is 6.07. The van der Waals surface area contributed by atoms with Crippen LogP contribution in [-0.4, -0.2) is 4.57 Å². The van der Waals surface area contributed by atoms with Gasteiger partial charge in [-0.2, -0.15) is 5.26 Å². The average molecular weight is 357 g/mol. The molecule has 126 valence electrons. The third-order valence-corrected chi connectivity index (χ3v) is 4.88. The average Bonchev–Trinajstić information content (AvgIpc) is 2.95. The summed E-state index contributed by atoms with van der Waals surface area (Å²) in [5, 5.41) is 11.5. The van der Waals surface area contributed by atoms with Gasteiger partial charge >= 0.3 is 0 Å². The lowest BCUT2D eigenvalue weighted by Crippen LogP contribution is -2.02. The van der Waals surface area contributed by atoms with Crippen molar-refractivity contribution < 1.29 is 0 Å². The fraction of sp³-hybridized carbons (Fsp3) is 0.0870. The van der Waals surface area contributed by atoms with Crippen molar-refractivity contribution in [1.82, 2.24) is 4.57 Å². The molecule has 0 amide bonds. The Bertz CT molecular complexity index is 1120. The van der Waals surface area contributed by atoms with Crippen LogP contribution in [0.25, 0.3) is 16.6 Å². The molecule has 3 heteroatoms. The molecule has 0 bridgehead atoms. The molecule has 2 nitrogen and oxygen atoms in total. The molecule has 26 heavy (non-hydrogen) atoms. The lowest BCUT2D eigenvalue weighted by Gasteiger charge is -2.12. The first kappa shape index (κ1) is 16.4. The summed E-state index contributed by atoms with van der Waals surface area (Å²) >= 11 is 6.27. The summed E-state index contributed by atoms with van der Waals surface area (Å²) in [7, 11) is 0. The van der Waals surface area contributed by atoms with Gasteiger partial charge in [0.1, 0.15) is 6.07 Å². The smallest absolute Gasteiger partial charge is 0.102 e. The van der Waals surface area contributed by atoms with Crippen LogP contribution in [0.5, 0.6) is 0 Å². The van der Waals surface area contributed by atoms with Crippen LogP contribution in [0, 0.1) is 18.3 Å². The maximum absolute atomic E-state index is 9.87. The van der Waals surface area contributed by atoms with E-state index >= 15 is 0 Å². The van der Waals surface area contributed by atoms with E-state index in [-0.39, 0.29) is 0 Å². The first-order chi connectivity index (χ1) is 12.7. The lowest BCUT2D eigenvalue weighted by atomic mass is 10.1. The topological polar surface area (TPSA) is 28.7 Å². The molecular weight excluding hydrogens is 340 g/mol. The van der Waals surface area contributed by atoms with Gasteiger partial charge in [0.2, 0.25) is 0 Å². The van der Waals surface area contributed by atoms with Gasteiger partial charge in [0, 0.05) is 28.2 Å². The highest BCUT2D eigenvalue weighted by atomic mass is 35.5. The number of nitrogens with zero attached hydrogens (tertiary/aromatic N) is 2. The number of rotatable bonds is 3. The molecule has 0 radical (unpaired) electrons. The van der Waals surface area contributed by atoms with Crippen LogP contribution in [0.2, 0.25) is 5.02 Å². The number of halogens is 1. The summed E-state index contributed by atoms with van der Waals surface area (Å²) in [5.74, 6) is 0. The minimum atomic E-state index is 0.666. The van der Waals surface area contributed by atoms with E-state index in [1.807, 2.05) is 36.4 Å². The fourth-order valence-corrected chi connectivity index (χ4v) is 3.55. The number of fused-ring (bicyclic) bond motifs is 1. The quantitative estimate of drug-likeness (QED) is 0.439. The van der Waals surface area contributed by atoms with E-state index in [0.29, 0.717) is 17.0 Å². The molecule has 0 aliphatic carbocycles. The minimum absolute atomic E-state index is 0.666. The van der Waals surface area contributed by atoms with E-state index < -0.39 is 0 Å². The summed E-state index contributed by atoms with van der Waals surface area (Å²) in [6, 6.07) is 26.7. The van der Waals surface area contributed by atoms with Crippen molar-refractivity contribution in [2.45, 2.75) is 13.3 Å². The van der Waals surface area contributed by atoms with Crippen LogP contribution in [0.1, 0.15) is 22.4 Å². The zero-order valence-corrected chi connectivity index (χ0v) is 15.2. The predicted octanol–water partition coefficient (Wildman–Crippen LogP) is 6.05. The molecular formula is C23H17ClN2. The molecule has 0 N–H and O–H groups in total. The van der Waals surface area contributed by atoms with E-state index in [2.05, 4.69) is 54.0 Å². The van der Waals surface area contributed by atoms with Gasteiger partial charge < -0.3 is 4.57 Å². The highest BCUT2D eigenvalue weighted by Gasteiger charge is 2.19. The zero-order valence-electron chi connectivity index (χ0n) is 14.4. The summed E-state index contributed by atoms with van der Waals surface area (Å²) in [6.07, 6.45) is 0.684. The molecule has 1 aromatic heterocycles. The monoisotopic (exact) mass is 356 g/mol. The van der Waals surface area contributed by atoms with Gasteiger partial charge in [0.05, 0.1) is 11.1 Å². The van der Waals surface area contributed by atoms with Crippen molar-refractivity contribution in [3.05, 3.63) is 100 Å². The highest BCUT2D eigenvalue weighted by Crippen LogP contribution is 2.32. The van der Waals surface area contributed by atoms with Crippen LogP contribution in [0.4, 0.5) is 0 Å². The largest absolute Gasteiger partial charge is 0.312 e. The Morgan fingerprint density at radius 2 is 1.69 bits per heavy atom. The molecule has 0 aliphatic rings. The number of aromatic nitrogens is 1. The molecule has 0 saturated carbocycles. The van der Waals surface area contributed by atoms with Crippen LogP contribution in [-0.2, 0) is 6.42 Å². The molecule has 0 spiro atoms. The van der Waals surface area contributed by atoms with Gasteiger partial charge in [-0.3, -0.25) is 0 Å². The Morgan fingerprint density at radius 3 is 2.38 bits per heavy atom. The van der Waals surface area contributed by atoms with Gasteiger partial charge in [-0.1, -0.05) is 59.6 Å². The second kappa shape index (κ2) is 6.71. The summed E-state index contributed by atoms with van der Waals surface area (Å²) < 4.78 is 2.16. The molecule has 4 aromatic rings. The molecule has 0 saturated heterocycles. The van der Waals surface area contributed by atoms with Gasteiger partial charge in [0.25, 0.3) is 0 Å². The van der Waals surface area contributed by atoms with Crippen molar-refractivity contribution in [3.8, 4) is 11.8 Å². The molecule has 1 heterocycles. The van der Waals surface area contributed by atoms with Crippen LogP contribution in [0.15, 0.2) is 72.8 Å². The third-order valence-electron chi connectivity index (χ3n) is 4.65. The summed E-state index contributed by atoms with van der Waals surface area (Å²) in [6.45, 7) is 2.07. The minimum Gasteiger partial charge on any atom is -0.312 e. The van der Waals surface area contributed by atoms with Crippen molar-refractivity contribution >= 4 is 22.5 Å². The second-order valence-electron chi connectivity index (χ2n) is 6.43. The van der Waals surface area contributed by atoms with Gasteiger partial charge in [-0.15, -0.1) is 0 Å². The maximum atomic E-state index is 9.87. The zero-order chi connectivity index (χ0) is 18.1. The highest BCUT2D eigenvalue weighted by molar-refractivity contribution is 6.31. The van der Waals surface area contributed by atoms with E-state index in [0.717, 1.165) is 22.3 Å². The number of nitriles is 1. The SMILES string of the molecule is Cc1ccc(-n2c(Cc3ccccc3)c(C#N)c3ccc(Cl)cc32)cc1. The van der Waals surface area contributed by atoms with Crippen LogP contribution < -0.4 is 0 Å². The normalized spacial score (nSPS) is 10.8. The predicted molar refractivity (Wildman–Crippen MR) is 107 cm³/mol. The molecule has 0 unspecified atom stereocenters. The lowest BCUT2D eigenvalue weighted by molar-refractivity contribution is 0.979. The van der Waals surface area contributed by atoms with E-state index in [9.17, 15) is 5.26 Å². The van der Waals surface area contributed by atoms with Gasteiger partial charge in [0.15, 0.2) is 0 Å². The van der Waals surface area contributed by atoms with Crippen molar-refractivity contribution in [1.29, 1.82) is 5.26 Å². The molecule has 0 atom stereocenters. The van der Waals surface area contributed by atoms with E-state index in [1.165, 1.54) is 11.1 Å². The molecule has 4 rings (SSSR count). The number of benzene rings is 3. The number of hydrogen-bond acceptors (Lipinski definition) is 1. The number of hydrogen-bond donors (Lipinski definition) is 0. The van der Waals surface area contributed by atoms with Crippen LogP contribution in [0.3, 0.4) is 0 Å². The first-order valence-electron chi connectivity index (χ1n) is 8.51. The van der Waals surface area contributed by atoms with E-state index in [4.69, 9.17) is 11.6 Å². The molecule has 3 aromatic carbocycles. The molecule has 0 fully saturated rings. The standard InChI is InChI=1S/C23H17ClN2/c1-16-7-10-19(11-8-16)26-22(13-17-5-3-2-4-6-17)21(15-25)20-12-9-18(24)14-23(20)26/h2-12,14H,13H2,1H3. The fourth-order valence-electron chi connectivity index (χ4n) is 3.38. The summed E-state index contributed by atoms with van der Waals surface area (Å²) in [4.78, 5) is 0. The van der Waals surface area contributed by atoms with E-state index in [1.54, 1.807) is 0 Å². The Morgan fingerprint density at radius 1 is 0.962 bits per heavy atom. The Kier molecular flexibility index (Phi) is 4.24. The third kappa shape index (κ3) is 2.87. The molecule has 0 aliphatic heterocycles. The van der Waals surface area contributed by atoms with Gasteiger partial charge in [-0.25, -0.2) is 0 Å². The van der Waals surface area contributed by atoms with Crippen LogP contribution >= 0.6 is 11.6 Å². The van der Waals surface area contributed by atoms with Crippen molar-refractivity contribution in [2.24, 2.45) is 0 Å². The van der Waals surface area contributed by atoms with Gasteiger partial charge in [-0.05, 0) is 42.8 Å². The van der Waals surface area contributed by atoms with Crippen molar-refractivity contribution in [3.63, 3.8) is 0 Å². The number of aryl methyl sites for hydroxylation is 1. The van der Waals surface area contributed by atoms with Crippen molar-refractivity contribution in [2.75, 3.05) is 0 Å². The Hall–Kier alpha value is -3.02.